The van der Waals surface area contributed by atoms with Crippen LogP contribution in [-0.4, -0.2) is 9.97 Å². The fraction of sp³-hybridized carbons (Fsp3) is 0. The minimum atomic E-state index is 0. The lowest BCUT2D eigenvalue weighted by molar-refractivity contribution is 1.42. The van der Waals surface area contributed by atoms with Crippen molar-refractivity contribution in [2.45, 2.75) is 0 Å². The SMILES string of the molecule is Cl.Cl.c1cnc2cc3c[nH]cc3cc2c1. The molecule has 0 unspecified atom stereocenters. The summed E-state index contributed by atoms with van der Waals surface area (Å²) in [7, 11) is 0. The van der Waals surface area contributed by atoms with E-state index in [-0.39, 0.29) is 24.8 Å². The molecule has 0 saturated carbocycles. The minimum absolute atomic E-state index is 0. The lowest BCUT2D eigenvalue weighted by Gasteiger charge is -1.95. The average molecular weight is 241 g/mol. The summed E-state index contributed by atoms with van der Waals surface area (Å²) in [5.41, 5.74) is 1.05. The molecule has 78 valence electrons. The Morgan fingerprint density at radius 2 is 1.67 bits per heavy atom. The molecule has 2 nitrogen and oxygen atoms in total. The quantitative estimate of drug-likeness (QED) is 0.640. The van der Waals surface area contributed by atoms with Crippen LogP contribution in [-0.2, 0) is 0 Å². The summed E-state index contributed by atoms with van der Waals surface area (Å²) in [6.07, 6.45) is 5.81. The Hall–Kier alpha value is -1.25. The third kappa shape index (κ3) is 1.91. The van der Waals surface area contributed by atoms with E-state index in [1.807, 2.05) is 24.7 Å². The maximum atomic E-state index is 4.30. The maximum Gasteiger partial charge on any atom is 0.0708 e. The van der Waals surface area contributed by atoms with E-state index in [0.717, 1.165) is 5.52 Å². The minimum Gasteiger partial charge on any atom is -0.366 e. The number of nitrogens with zero attached hydrogens (tertiary/aromatic N) is 1. The van der Waals surface area contributed by atoms with Crippen LogP contribution in [0.1, 0.15) is 0 Å². The van der Waals surface area contributed by atoms with Crippen molar-refractivity contribution in [3.05, 3.63) is 42.9 Å². The molecule has 0 spiro atoms. The van der Waals surface area contributed by atoms with Crippen molar-refractivity contribution in [1.82, 2.24) is 9.97 Å². The van der Waals surface area contributed by atoms with E-state index in [1.54, 1.807) is 0 Å². The van der Waals surface area contributed by atoms with Crippen LogP contribution in [0.5, 0.6) is 0 Å². The normalized spacial score (nSPS) is 9.60. The molecule has 0 bridgehead atoms. The molecule has 2 heterocycles. The maximum absolute atomic E-state index is 4.30. The lowest BCUT2D eigenvalue weighted by atomic mass is 10.1. The second-order valence-corrected chi connectivity index (χ2v) is 3.13. The standard InChI is InChI=1S/C11H8N2.2ClH/c1-2-8-4-9-6-12-7-10(9)5-11(8)13-3-1;;/h1-7,12H;2*1H. The predicted molar refractivity (Wildman–Crippen MR) is 68.1 cm³/mol. The van der Waals surface area contributed by atoms with Gasteiger partial charge in [0.05, 0.1) is 5.52 Å². The molecule has 0 aliphatic rings. The Bertz CT molecular complexity index is 525. The van der Waals surface area contributed by atoms with Crippen LogP contribution < -0.4 is 0 Å². The van der Waals surface area contributed by atoms with Crippen molar-refractivity contribution >= 4 is 46.5 Å². The number of halogens is 2. The molecule has 0 fully saturated rings. The van der Waals surface area contributed by atoms with Crippen molar-refractivity contribution in [1.29, 1.82) is 0 Å². The number of fused-ring (bicyclic) bond motifs is 2. The zero-order valence-corrected chi connectivity index (χ0v) is 9.44. The molecule has 0 aliphatic heterocycles. The van der Waals surface area contributed by atoms with E-state index in [9.17, 15) is 0 Å². The van der Waals surface area contributed by atoms with Gasteiger partial charge in [-0.3, -0.25) is 4.98 Å². The zero-order valence-electron chi connectivity index (χ0n) is 7.81. The van der Waals surface area contributed by atoms with Crippen molar-refractivity contribution < 1.29 is 0 Å². The summed E-state index contributed by atoms with van der Waals surface area (Å²) in [5.74, 6) is 0. The monoisotopic (exact) mass is 240 g/mol. The van der Waals surface area contributed by atoms with Gasteiger partial charge in [0.1, 0.15) is 0 Å². The van der Waals surface area contributed by atoms with Gasteiger partial charge in [-0.05, 0) is 23.6 Å². The summed E-state index contributed by atoms with van der Waals surface area (Å²) in [6, 6.07) is 8.28. The average Bonchev–Trinajstić information content (AvgIpc) is 2.61. The Morgan fingerprint density at radius 3 is 2.47 bits per heavy atom. The lowest BCUT2D eigenvalue weighted by Crippen LogP contribution is -1.75. The summed E-state index contributed by atoms with van der Waals surface area (Å²) in [4.78, 5) is 7.38. The van der Waals surface area contributed by atoms with Gasteiger partial charge in [0.2, 0.25) is 0 Å². The summed E-state index contributed by atoms with van der Waals surface area (Å²) in [5, 5.41) is 3.64. The second-order valence-electron chi connectivity index (χ2n) is 3.13. The highest BCUT2D eigenvalue weighted by molar-refractivity contribution is 5.96. The van der Waals surface area contributed by atoms with Crippen LogP contribution in [0.15, 0.2) is 42.9 Å². The van der Waals surface area contributed by atoms with Crippen molar-refractivity contribution in [3.63, 3.8) is 0 Å². The summed E-state index contributed by atoms with van der Waals surface area (Å²) >= 11 is 0. The van der Waals surface area contributed by atoms with Crippen molar-refractivity contribution in [2.75, 3.05) is 0 Å². The number of pyridine rings is 1. The van der Waals surface area contributed by atoms with Crippen LogP contribution in [0.4, 0.5) is 0 Å². The van der Waals surface area contributed by atoms with Gasteiger partial charge in [0.15, 0.2) is 0 Å². The Kier molecular flexibility index (Phi) is 3.56. The van der Waals surface area contributed by atoms with Crippen LogP contribution in [0, 0.1) is 0 Å². The van der Waals surface area contributed by atoms with E-state index < -0.39 is 0 Å². The predicted octanol–water partition coefficient (Wildman–Crippen LogP) is 3.56. The van der Waals surface area contributed by atoms with E-state index >= 15 is 0 Å². The molecule has 0 amide bonds. The van der Waals surface area contributed by atoms with E-state index in [2.05, 4.69) is 28.2 Å². The molecule has 3 rings (SSSR count). The van der Waals surface area contributed by atoms with Crippen molar-refractivity contribution in [3.8, 4) is 0 Å². The molecule has 1 aromatic carbocycles. The fourth-order valence-corrected chi connectivity index (χ4v) is 1.63. The van der Waals surface area contributed by atoms with Gasteiger partial charge < -0.3 is 4.98 Å². The number of aromatic nitrogens is 2. The van der Waals surface area contributed by atoms with Gasteiger partial charge in [0, 0.05) is 29.4 Å². The van der Waals surface area contributed by atoms with Gasteiger partial charge in [-0.25, -0.2) is 0 Å². The molecule has 4 heteroatoms. The molecule has 0 atom stereocenters. The second kappa shape index (κ2) is 4.51. The highest BCUT2D eigenvalue weighted by Gasteiger charge is 1.97. The Balaban J connectivity index is 0.000000562. The number of benzene rings is 1. The largest absolute Gasteiger partial charge is 0.366 e. The Labute approximate surface area is 99.5 Å². The van der Waals surface area contributed by atoms with Crippen LogP contribution in [0.2, 0.25) is 0 Å². The van der Waals surface area contributed by atoms with Crippen LogP contribution in [0.25, 0.3) is 21.7 Å². The first kappa shape index (κ1) is 11.8. The van der Waals surface area contributed by atoms with E-state index in [0.29, 0.717) is 0 Å². The first-order chi connectivity index (χ1) is 6.43. The van der Waals surface area contributed by atoms with Crippen molar-refractivity contribution in [2.24, 2.45) is 0 Å². The molecule has 1 N–H and O–H groups in total. The number of aromatic amines is 1. The number of nitrogens with one attached hydrogen (secondary N) is 1. The van der Waals surface area contributed by atoms with Gasteiger partial charge in [0.25, 0.3) is 0 Å². The number of hydrogen-bond donors (Lipinski definition) is 1. The van der Waals surface area contributed by atoms with E-state index in [4.69, 9.17) is 0 Å². The Morgan fingerprint density at radius 1 is 0.933 bits per heavy atom. The third-order valence-corrected chi connectivity index (χ3v) is 2.29. The molecule has 15 heavy (non-hydrogen) atoms. The van der Waals surface area contributed by atoms with Crippen LogP contribution in [0.3, 0.4) is 0 Å². The zero-order chi connectivity index (χ0) is 8.67. The molecule has 0 aliphatic carbocycles. The van der Waals surface area contributed by atoms with Crippen LogP contribution >= 0.6 is 24.8 Å². The fourth-order valence-electron chi connectivity index (χ4n) is 1.63. The number of hydrogen-bond acceptors (Lipinski definition) is 1. The molecule has 0 radical (unpaired) electrons. The smallest absolute Gasteiger partial charge is 0.0708 e. The van der Waals surface area contributed by atoms with Gasteiger partial charge in [-0.1, -0.05) is 6.07 Å². The highest BCUT2D eigenvalue weighted by atomic mass is 35.5. The molecular formula is C11H10Cl2N2. The first-order valence-corrected chi connectivity index (χ1v) is 4.25. The molecule has 0 saturated heterocycles. The number of rotatable bonds is 0. The topological polar surface area (TPSA) is 28.7 Å². The summed E-state index contributed by atoms with van der Waals surface area (Å²) < 4.78 is 0. The number of H-pyrrole nitrogens is 1. The van der Waals surface area contributed by atoms with Gasteiger partial charge in [-0.2, -0.15) is 0 Å². The van der Waals surface area contributed by atoms with Gasteiger partial charge in [-0.15, -0.1) is 24.8 Å². The molecule has 2 aromatic heterocycles. The third-order valence-electron chi connectivity index (χ3n) is 2.29. The highest BCUT2D eigenvalue weighted by Crippen LogP contribution is 2.20. The first-order valence-electron chi connectivity index (χ1n) is 4.25. The van der Waals surface area contributed by atoms with Gasteiger partial charge >= 0.3 is 0 Å². The van der Waals surface area contributed by atoms with E-state index in [1.165, 1.54) is 16.2 Å². The summed E-state index contributed by atoms with van der Waals surface area (Å²) in [6.45, 7) is 0. The molecular weight excluding hydrogens is 231 g/mol. The molecule has 3 aromatic rings.